The van der Waals surface area contributed by atoms with Gasteiger partial charge in [0.05, 0.1) is 16.5 Å². The first kappa shape index (κ1) is 15.1. The van der Waals surface area contributed by atoms with Crippen LogP contribution in [0.2, 0.25) is 0 Å². The molecule has 1 atom stereocenters. The van der Waals surface area contributed by atoms with Crippen LogP contribution in [0.1, 0.15) is 28.9 Å². The monoisotopic (exact) mass is 305 g/mol. The second kappa shape index (κ2) is 6.02. The molecule has 7 heteroatoms. The first-order chi connectivity index (χ1) is 9.88. The third kappa shape index (κ3) is 3.87. The maximum absolute atomic E-state index is 12.0. The Hall–Kier alpha value is -2.25. The van der Waals surface area contributed by atoms with Crippen molar-refractivity contribution in [1.82, 2.24) is 10.3 Å². The van der Waals surface area contributed by atoms with Crippen LogP contribution in [0.25, 0.3) is 0 Å². The molecule has 0 spiro atoms. The molecule has 2 aromatic rings. The Kier molecular flexibility index (Phi) is 4.35. The summed E-state index contributed by atoms with van der Waals surface area (Å²) in [5.41, 5.74) is 1.09. The Bertz CT molecular complexity index is 745. The Morgan fingerprint density at radius 2 is 2.05 bits per heavy atom. The van der Waals surface area contributed by atoms with Crippen LogP contribution in [0.3, 0.4) is 0 Å². The molecule has 2 rings (SSSR count). The van der Waals surface area contributed by atoms with Gasteiger partial charge < -0.3 is 5.32 Å². The van der Waals surface area contributed by atoms with Gasteiger partial charge in [0, 0.05) is 12.4 Å². The van der Waals surface area contributed by atoms with Crippen molar-refractivity contribution in [2.75, 3.05) is 0 Å². The van der Waals surface area contributed by atoms with Gasteiger partial charge in [0.1, 0.15) is 0 Å². The molecule has 0 fully saturated rings. The van der Waals surface area contributed by atoms with Crippen LogP contribution in [0.15, 0.2) is 53.7 Å². The van der Waals surface area contributed by atoms with Crippen molar-refractivity contribution >= 4 is 15.9 Å². The summed E-state index contributed by atoms with van der Waals surface area (Å²) in [6.45, 7) is 1.76. The van der Waals surface area contributed by atoms with Crippen molar-refractivity contribution in [3.63, 3.8) is 0 Å². The molecule has 0 saturated heterocycles. The number of hydrogen-bond acceptors (Lipinski definition) is 4. The van der Waals surface area contributed by atoms with E-state index >= 15 is 0 Å². The summed E-state index contributed by atoms with van der Waals surface area (Å²) in [5.74, 6) is -0.281. The highest BCUT2D eigenvalue weighted by atomic mass is 32.2. The zero-order valence-corrected chi connectivity index (χ0v) is 12.2. The molecule has 6 nitrogen and oxygen atoms in total. The Morgan fingerprint density at radius 1 is 1.29 bits per heavy atom. The lowest BCUT2D eigenvalue weighted by Gasteiger charge is -2.15. The van der Waals surface area contributed by atoms with Crippen molar-refractivity contribution in [1.29, 1.82) is 0 Å². The van der Waals surface area contributed by atoms with Crippen LogP contribution in [-0.4, -0.2) is 19.3 Å². The highest BCUT2D eigenvalue weighted by Gasteiger charge is 2.14. The van der Waals surface area contributed by atoms with Crippen LogP contribution >= 0.6 is 0 Å². The zero-order chi connectivity index (χ0) is 15.5. The van der Waals surface area contributed by atoms with E-state index in [2.05, 4.69) is 10.3 Å². The van der Waals surface area contributed by atoms with Crippen molar-refractivity contribution in [3.05, 3.63) is 59.9 Å². The van der Waals surface area contributed by atoms with Crippen molar-refractivity contribution in [3.8, 4) is 0 Å². The fourth-order valence-corrected chi connectivity index (χ4v) is 2.39. The predicted octanol–water partition coefficient (Wildman–Crippen LogP) is 1.22. The van der Waals surface area contributed by atoms with E-state index in [1.807, 2.05) is 0 Å². The lowest BCUT2D eigenvalue weighted by molar-refractivity contribution is 0.0939. The molecular formula is C14H15N3O3S. The van der Waals surface area contributed by atoms with E-state index in [-0.39, 0.29) is 16.8 Å². The second-order valence-corrected chi connectivity index (χ2v) is 6.12. The van der Waals surface area contributed by atoms with Crippen LogP contribution < -0.4 is 10.5 Å². The molecule has 0 radical (unpaired) electrons. The summed E-state index contributed by atoms with van der Waals surface area (Å²) < 4.78 is 22.7. The van der Waals surface area contributed by atoms with E-state index < -0.39 is 10.0 Å². The number of benzene rings is 1. The minimum atomic E-state index is -3.76. The molecule has 1 aromatic carbocycles. The van der Waals surface area contributed by atoms with E-state index in [0.717, 1.165) is 0 Å². The number of hydrogen-bond donors (Lipinski definition) is 2. The second-order valence-electron chi connectivity index (χ2n) is 4.55. The first-order valence-corrected chi connectivity index (χ1v) is 7.76. The van der Waals surface area contributed by atoms with Crippen molar-refractivity contribution in [2.24, 2.45) is 5.14 Å². The van der Waals surface area contributed by atoms with Gasteiger partial charge >= 0.3 is 0 Å². The summed E-state index contributed by atoms with van der Waals surface area (Å²) in [6.07, 6.45) is 3.04. The van der Waals surface area contributed by atoms with Gasteiger partial charge in [-0.3, -0.25) is 9.78 Å². The van der Waals surface area contributed by atoms with Gasteiger partial charge in [0.2, 0.25) is 10.0 Å². The topological polar surface area (TPSA) is 102 Å². The van der Waals surface area contributed by atoms with E-state index in [1.165, 1.54) is 18.3 Å². The molecule has 0 bridgehead atoms. The van der Waals surface area contributed by atoms with Gasteiger partial charge in [-0.15, -0.1) is 0 Å². The molecular weight excluding hydrogens is 290 g/mol. The summed E-state index contributed by atoms with van der Waals surface area (Å²) in [5, 5.41) is 7.87. The van der Waals surface area contributed by atoms with E-state index in [1.54, 1.807) is 37.4 Å². The molecule has 0 aliphatic rings. The number of pyridine rings is 1. The van der Waals surface area contributed by atoms with Gasteiger partial charge in [-0.2, -0.15) is 0 Å². The molecule has 1 unspecified atom stereocenters. The number of nitrogens with two attached hydrogens (primary N) is 1. The lowest BCUT2D eigenvalue weighted by Crippen LogP contribution is -2.27. The minimum absolute atomic E-state index is 0.0162. The van der Waals surface area contributed by atoms with Gasteiger partial charge in [-0.1, -0.05) is 12.1 Å². The lowest BCUT2D eigenvalue weighted by atomic mass is 10.1. The number of rotatable bonds is 4. The molecule has 1 aromatic heterocycles. The maximum atomic E-state index is 12.0. The molecule has 0 aliphatic heterocycles. The molecule has 1 heterocycles. The number of amides is 1. The smallest absolute Gasteiger partial charge is 0.253 e. The molecule has 1 amide bonds. The third-order valence-electron chi connectivity index (χ3n) is 2.96. The fraction of sp³-hybridized carbons (Fsp3) is 0.143. The molecule has 21 heavy (non-hydrogen) atoms. The normalized spacial score (nSPS) is 12.7. The number of carbonyl (C=O) groups excluding carboxylic acids is 1. The molecule has 110 valence electrons. The first-order valence-electron chi connectivity index (χ1n) is 6.21. The standard InChI is InChI=1S/C14H15N3O3S/c1-10(17-14(18)12-5-3-7-16-9-12)11-4-2-6-13(8-11)21(15,19)20/h2-10H,1H3,(H,17,18)(H2,15,19,20). The highest BCUT2D eigenvalue weighted by molar-refractivity contribution is 7.89. The van der Waals surface area contributed by atoms with Crippen molar-refractivity contribution < 1.29 is 13.2 Å². The third-order valence-corrected chi connectivity index (χ3v) is 3.87. The van der Waals surface area contributed by atoms with Crippen LogP contribution in [0, 0.1) is 0 Å². The van der Waals surface area contributed by atoms with Crippen LogP contribution in [0.5, 0.6) is 0 Å². The Morgan fingerprint density at radius 3 is 2.67 bits per heavy atom. The number of nitrogens with zero attached hydrogens (tertiary/aromatic N) is 1. The molecule has 3 N–H and O–H groups in total. The number of primary sulfonamides is 1. The van der Waals surface area contributed by atoms with Gasteiger partial charge in [0.15, 0.2) is 0 Å². The van der Waals surface area contributed by atoms with E-state index in [9.17, 15) is 13.2 Å². The van der Waals surface area contributed by atoms with Crippen LogP contribution in [-0.2, 0) is 10.0 Å². The van der Waals surface area contributed by atoms with Gasteiger partial charge in [-0.25, -0.2) is 13.6 Å². The minimum Gasteiger partial charge on any atom is -0.345 e. The molecule has 0 aliphatic carbocycles. The highest BCUT2D eigenvalue weighted by Crippen LogP contribution is 2.17. The summed E-state index contributed by atoms with van der Waals surface area (Å²) >= 11 is 0. The average Bonchev–Trinajstić information content (AvgIpc) is 2.47. The number of carbonyl (C=O) groups is 1. The van der Waals surface area contributed by atoms with Crippen molar-refractivity contribution in [2.45, 2.75) is 17.9 Å². The summed E-state index contributed by atoms with van der Waals surface area (Å²) in [6, 6.07) is 9.12. The quantitative estimate of drug-likeness (QED) is 0.886. The van der Waals surface area contributed by atoms with Gasteiger partial charge in [0.25, 0.3) is 5.91 Å². The van der Waals surface area contributed by atoms with E-state index in [0.29, 0.717) is 11.1 Å². The average molecular weight is 305 g/mol. The number of nitrogens with one attached hydrogen (secondary N) is 1. The Balaban J connectivity index is 2.18. The maximum Gasteiger partial charge on any atom is 0.253 e. The largest absolute Gasteiger partial charge is 0.345 e. The van der Waals surface area contributed by atoms with E-state index in [4.69, 9.17) is 5.14 Å². The zero-order valence-electron chi connectivity index (χ0n) is 11.4. The fourth-order valence-electron chi connectivity index (χ4n) is 1.82. The van der Waals surface area contributed by atoms with Gasteiger partial charge in [-0.05, 0) is 36.8 Å². The van der Waals surface area contributed by atoms with Crippen LogP contribution in [0.4, 0.5) is 0 Å². The molecule has 0 saturated carbocycles. The number of sulfonamides is 1. The Labute approximate surface area is 123 Å². The summed E-state index contributed by atoms with van der Waals surface area (Å²) in [7, 11) is -3.76. The SMILES string of the molecule is CC(NC(=O)c1cccnc1)c1cccc(S(N)(=O)=O)c1. The number of aromatic nitrogens is 1. The summed E-state index contributed by atoms with van der Waals surface area (Å²) in [4.78, 5) is 15.9. The predicted molar refractivity (Wildman–Crippen MR) is 77.9 cm³/mol.